The first kappa shape index (κ1) is 66.6. The van der Waals surface area contributed by atoms with Crippen molar-refractivity contribution >= 4 is 73.0 Å². The Labute approximate surface area is 650 Å². The summed E-state index contributed by atoms with van der Waals surface area (Å²) in [6.07, 6.45) is 0. The third kappa shape index (κ3) is 11.5. The molecule has 0 heterocycles. The molecule has 17 aromatic carbocycles. The lowest BCUT2D eigenvalue weighted by Crippen LogP contribution is -2.26. The maximum Gasteiger partial charge on any atom is 0.0727 e. The van der Waals surface area contributed by atoms with Crippen LogP contribution in [-0.2, 0) is 10.8 Å². The third-order valence-electron chi connectivity index (χ3n) is 22.1. The maximum absolute atomic E-state index is 6.74. The van der Waals surface area contributed by atoms with E-state index in [4.69, 9.17) is 11.6 Å². The summed E-state index contributed by atoms with van der Waals surface area (Å²) < 4.78 is 1.10. The number of benzene rings is 17. The molecule has 109 heavy (non-hydrogen) atoms. The molecule has 2 atom stereocenters. The molecule has 0 saturated carbocycles. The second-order valence-electron chi connectivity index (χ2n) is 28.1. The van der Waals surface area contributed by atoms with Gasteiger partial charge >= 0.3 is 0 Å². The molecule has 4 aliphatic carbocycles. The van der Waals surface area contributed by atoms with Crippen molar-refractivity contribution in [3.63, 3.8) is 0 Å². The fraction of sp³-hybridized carbons (Fsp3) is 0.0192. The molecule has 0 bridgehead atoms. The molecule has 516 valence electrons. The van der Waals surface area contributed by atoms with E-state index in [9.17, 15) is 0 Å². The molecule has 0 amide bonds. The van der Waals surface area contributed by atoms with Gasteiger partial charge in [-0.2, -0.15) is 0 Å². The summed E-state index contributed by atoms with van der Waals surface area (Å²) in [5.74, 6) is 0. The van der Waals surface area contributed by atoms with Crippen molar-refractivity contribution in [3.05, 3.63) is 479 Å². The molecule has 21 rings (SSSR count). The van der Waals surface area contributed by atoms with Crippen LogP contribution in [0.1, 0.15) is 44.5 Å². The minimum atomic E-state index is -0.553. The first-order chi connectivity index (χ1) is 53.9. The van der Waals surface area contributed by atoms with Gasteiger partial charge in [-0.25, -0.2) is 0 Å². The van der Waals surface area contributed by atoms with Crippen LogP contribution in [0.25, 0.3) is 77.9 Å². The second kappa shape index (κ2) is 28.3. The average molecular weight is 1480 g/mol. The van der Waals surface area contributed by atoms with Gasteiger partial charge in [-0.3, -0.25) is 0 Å². The lowest BCUT2D eigenvalue weighted by atomic mass is 9.70. The molecule has 3 nitrogen and oxygen atoms in total. The summed E-state index contributed by atoms with van der Waals surface area (Å²) in [5.41, 5.74) is 35.9. The van der Waals surface area contributed by atoms with Crippen LogP contribution >= 0.6 is 27.5 Å². The lowest BCUT2D eigenvalue weighted by Gasteiger charge is -2.33. The number of rotatable bonds is 11. The highest BCUT2D eigenvalue weighted by molar-refractivity contribution is 9.10. The largest absolute Gasteiger partial charge is 0.356 e. The molecular formula is C104H71BrClN3. The third-order valence-corrected chi connectivity index (χ3v) is 23.0. The van der Waals surface area contributed by atoms with Gasteiger partial charge in [0.1, 0.15) is 0 Å². The topological polar surface area (TPSA) is 18.5 Å². The zero-order valence-corrected chi connectivity index (χ0v) is 61.9. The zero-order chi connectivity index (χ0) is 72.8. The first-order valence-corrected chi connectivity index (χ1v) is 38.3. The van der Waals surface area contributed by atoms with Crippen molar-refractivity contribution in [3.8, 4) is 77.9 Å². The van der Waals surface area contributed by atoms with E-state index in [2.05, 4.69) is 425 Å². The minimum absolute atomic E-state index is 0.313. The number of anilines is 8. The van der Waals surface area contributed by atoms with Gasteiger partial charge in [-0.15, -0.1) is 0 Å². The van der Waals surface area contributed by atoms with E-state index in [1.54, 1.807) is 0 Å². The number of hydrogen-bond donors (Lipinski definition) is 1. The van der Waals surface area contributed by atoms with Crippen molar-refractivity contribution in [2.24, 2.45) is 0 Å². The van der Waals surface area contributed by atoms with E-state index in [1.807, 2.05) is 30.3 Å². The Kier molecular flexibility index (Phi) is 17.3. The number of para-hydroxylation sites is 3. The second-order valence-corrected chi connectivity index (χ2v) is 29.4. The number of hydrogen-bond acceptors (Lipinski definition) is 3. The molecule has 0 aliphatic heterocycles. The predicted octanol–water partition coefficient (Wildman–Crippen LogP) is 28.8. The Balaban J connectivity index is 0.000000142. The molecule has 17 aromatic rings. The Hall–Kier alpha value is -13.1. The SMILES string of the molecule is Clc1cccc2c1-c1ccccc1C21c2ccccc2-c2ccc(Br)cc21.c1ccc(-c2ccc(N(c3ccccc3)c3ccc4c(c3)C3(c5ccccc5-4)c4ccccc4-c4c(N(c5ccccc5)c5ccc(-c6ccccc6)cc5)cccc43)cc2)cc1.c1ccc(Nc2ccc(-c3ccccc3)cc2)cc1. The highest BCUT2D eigenvalue weighted by Crippen LogP contribution is 2.67. The summed E-state index contributed by atoms with van der Waals surface area (Å²) in [7, 11) is 0. The van der Waals surface area contributed by atoms with Crippen molar-refractivity contribution in [1.29, 1.82) is 0 Å². The van der Waals surface area contributed by atoms with Gasteiger partial charge in [-0.1, -0.05) is 343 Å². The quantitative estimate of drug-likeness (QED) is 0.139. The molecule has 0 fully saturated rings. The lowest BCUT2D eigenvalue weighted by molar-refractivity contribution is 0.793. The van der Waals surface area contributed by atoms with E-state index >= 15 is 0 Å². The molecule has 1 N–H and O–H groups in total. The van der Waals surface area contributed by atoms with Crippen LogP contribution in [0.15, 0.2) is 429 Å². The van der Waals surface area contributed by atoms with Gasteiger partial charge in [0.15, 0.2) is 0 Å². The van der Waals surface area contributed by atoms with Gasteiger partial charge < -0.3 is 15.1 Å². The summed E-state index contributed by atoms with van der Waals surface area (Å²) in [6.45, 7) is 0. The Morgan fingerprint density at radius 2 is 0.541 bits per heavy atom. The summed E-state index contributed by atoms with van der Waals surface area (Å²) in [5, 5.41) is 4.20. The van der Waals surface area contributed by atoms with Crippen molar-refractivity contribution in [2.75, 3.05) is 15.1 Å². The van der Waals surface area contributed by atoms with Gasteiger partial charge in [0.05, 0.1) is 16.5 Å². The van der Waals surface area contributed by atoms with Crippen LogP contribution in [0.2, 0.25) is 5.02 Å². The summed E-state index contributed by atoms with van der Waals surface area (Å²) in [6, 6.07) is 153. The molecule has 0 aromatic heterocycles. The van der Waals surface area contributed by atoms with Crippen molar-refractivity contribution < 1.29 is 0 Å². The summed E-state index contributed by atoms with van der Waals surface area (Å²) in [4.78, 5) is 4.85. The summed E-state index contributed by atoms with van der Waals surface area (Å²) >= 11 is 10.4. The molecule has 0 saturated heterocycles. The van der Waals surface area contributed by atoms with Crippen molar-refractivity contribution in [1.82, 2.24) is 0 Å². The van der Waals surface area contributed by atoms with E-state index in [-0.39, 0.29) is 5.41 Å². The average Bonchev–Trinajstić information content (AvgIpc) is 1.54. The highest BCUT2D eigenvalue weighted by atomic mass is 79.9. The van der Waals surface area contributed by atoms with Gasteiger partial charge in [0, 0.05) is 60.4 Å². The smallest absolute Gasteiger partial charge is 0.0727 e. The minimum Gasteiger partial charge on any atom is -0.356 e. The van der Waals surface area contributed by atoms with Crippen LogP contribution in [0, 0.1) is 0 Å². The maximum atomic E-state index is 6.74. The fourth-order valence-corrected chi connectivity index (χ4v) is 18.2. The number of halogens is 2. The van der Waals surface area contributed by atoms with E-state index in [1.165, 1.54) is 117 Å². The van der Waals surface area contributed by atoms with Gasteiger partial charge in [-0.05, 0) is 220 Å². The van der Waals surface area contributed by atoms with Gasteiger partial charge in [0.2, 0.25) is 0 Å². The van der Waals surface area contributed by atoms with Crippen LogP contribution in [0.5, 0.6) is 0 Å². The number of fused-ring (bicyclic) bond motifs is 20. The zero-order valence-electron chi connectivity index (χ0n) is 59.6. The van der Waals surface area contributed by atoms with Crippen LogP contribution < -0.4 is 15.1 Å². The fourth-order valence-electron chi connectivity index (χ4n) is 17.6. The molecule has 0 radical (unpaired) electrons. The van der Waals surface area contributed by atoms with E-state index in [0.717, 1.165) is 60.6 Å². The van der Waals surface area contributed by atoms with E-state index < -0.39 is 5.41 Å². The standard InChI is InChI=1S/C61H42N2.C25H14BrCl.C18H15N/c1-5-18-43(19-6-1)45-32-36-49(37-33-45)62(47-22-9-3-10-23-47)51-40-41-53-52-26-13-15-28-55(52)61(58(53)42-51)56-29-16-14-27-54(56)60-57(61)30-17-31-59(60)63(48-24-11-4-12-25-48)50-38-34-46(35-39-50)44-20-7-2-8-21-44;26-15-12-13-17-16-6-1-3-8-19(16)25(22(17)14-15)20-9-4-2-7-18(20)24-21(25)10-5-11-23(24)27;1-3-7-15(8-4-1)16-11-13-18(14-12-16)19-17-9-5-2-6-10-17/h1-42H;1-14H;1-14,19H. The first-order valence-electron chi connectivity index (χ1n) is 37.2. The van der Waals surface area contributed by atoms with Crippen LogP contribution in [0.3, 0.4) is 0 Å². The van der Waals surface area contributed by atoms with Crippen LogP contribution in [-0.4, -0.2) is 0 Å². The molecule has 5 heteroatoms. The Morgan fingerprint density at radius 3 is 1.05 bits per heavy atom. The molecule has 2 unspecified atom stereocenters. The number of nitrogens with zero attached hydrogens (tertiary/aromatic N) is 2. The highest BCUT2D eigenvalue weighted by Gasteiger charge is 2.54. The normalized spacial score (nSPS) is 14.4. The molecule has 4 aliphatic rings. The molecule has 2 spiro atoms. The Morgan fingerprint density at radius 1 is 0.220 bits per heavy atom. The molecular weight excluding hydrogens is 1410 g/mol. The predicted molar refractivity (Wildman–Crippen MR) is 460 cm³/mol. The monoisotopic (exact) mass is 1480 g/mol. The van der Waals surface area contributed by atoms with Gasteiger partial charge in [0.25, 0.3) is 0 Å². The Bertz CT molecular complexity index is 6190. The van der Waals surface area contributed by atoms with Crippen LogP contribution in [0.4, 0.5) is 45.5 Å². The number of nitrogens with one attached hydrogen (secondary N) is 1. The van der Waals surface area contributed by atoms with E-state index in [0.29, 0.717) is 0 Å². The van der Waals surface area contributed by atoms with Crippen molar-refractivity contribution in [2.45, 2.75) is 10.8 Å².